The van der Waals surface area contributed by atoms with Crippen LogP contribution in [0, 0.1) is 0 Å². The Balaban J connectivity index is 0.00000128. The molecule has 2 aliphatic heterocycles. The molecule has 6 heteroatoms. The number of halogens is 1. The molecule has 2 atom stereocenters. The Bertz CT molecular complexity index is 237. The molecule has 0 saturated carbocycles. The van der Waals surface area contributed by atoms with E-state index in [-0.39, 0.29) is 17.7 Å². The second-order valence-electron chi connectivity index (χ2n) is 4.02. The van der Waals surface area contributed by atoms with Gasteiger partial charge in [0.15, 0.2) is 0 Å². The third-order valence-electron chi connectivity index (χ3n) is 2.88. The van der Waals surface area contributed by atoms with Crippen LogP contribution in [0.2, 0.25) is 0 Å². The smallest absolute Gasteiger partial charge is 0.236 e. The van der Waals surface area contributed by atoms with Crippen LogP contribution in [0.25, 0.3) is 0 Å². The molecule has 0 radical (unpaired) electrons. The minimum atomic E-state index is 0. The van der Waals surface area contributed by atoms with Gasteiger partial charge in [-0.15, -0.1) is 24.2 Å². The molecule has 0 aromatic carbocycles. The van der Waals surface area contributed by atoms with Crippen LogP contribution in [0.5, 0.6) is 0 Å². The lowest BCUT2D eigenvalue weighted by molar-refractivity contribution is -0.132. The zero-order chi connectivity index (χ0) is 10.7. The minimum Gasteiger partial charge on any atom is -0.336 e. The van der Waals surface area contributed by atoms with Crippen LogP contribution in [0.3, 0.4) is 0 Å². The summed E-state index contributed by atoms with van der Waals surface area (Å²) in [6.45, 7) is 4.89. The first-order valence-corrected chi connectivity index (χ1v) is 7.70. The SMILES string of the molecule is C[C@H]1CNCCN1C(=O)C1CSCCS1.Cl. The van der Waals surface area contributed by atoms with E-state index in [2.05, 4.69) is 17.1 Å². The summed E-state index contributed by atoms with van der Waals surface area (Å²) in [4.78, 5) is 14.3. The summed E-state index contributed by atoms with van der Waals surface area (Å²) in [5.41, 5.74) is 0. The van der Waals surface area contributed by atoms with Crippen molar-refractivity contribution >= 4 is 41.8 Å². The number of amides is 1. The van der Waals surface area contributed by atoms with Crippen molar-refractivity contribution in [2.75, 3.05) is 36.9 Å². The number of piperazine rings is 1. The highest BCUT2D eigenvalue weighted by Crippen LogP contribution is 2.26. The Kier molecular flexibility index (Phi) is 6.32. The molecule has 2 aliphatic rings. The number of nitrogens with one attached hydrogen (secondary N) is 1. The van der Waals surface area contributed by atoms with Crippen LogP contribution in [-0.4, -0.2) is 59.0 Å². The zero-order valence-corrected chi connectivity index (χ0v) is 11.9. The van der Waals surface area contributed by atoms with E-state index in [1.165, 1.54) is 5.75 Å². The van der Waals surface area contributed by atoms with Crippen LogP contribution < -0.4 is 5.32 Å². The molecule has 0 spiro atoms. The molecule has 1 amide bonds. The van der Waals surface area contributed by atoms with Gasteiger partial charge < -0.3 is 10.2 Å². The highest BCUT2D eigenvalue weighted by atomic mass is 35.5. The number of carbonyl (C=O) groups is 1. The van der Waals surface area contributed by atoms with Gasteiger partial charge in [0.1, 0.15) is 0 Å². The summed E-state index contributed by atoms with van der Waals surface area (Å²) >= 11 is 3.75. The normalized spacial score (nSPS) is 30.7. The Morgan fingerprint density at radius 2 is 2.25 bits per heavy atom. The van der Waals surface area contributed by atoms with Crippen LogP contribution in [0.4, 0.5) is 0 Å². The van der Waals surface area contributed by atoms with Gasteiger partial charge in [-0.25, -0.2) is 0 Å². The van der Waals surface area contributed by atoms with Gasteiger partial charge in [0.2, 0.25) is 5.91 Å². The number of carbonyl (C=O) groups excluding carboxylic acids is 1. The van der Waals surface area contributed by atoms with E-state index in [0.29, 0.717) is 11.9 Å². The van der Waals surface area contributed by atoms with Crippen LogP contribution >= 0.6 is 35.9 Å². The minimum absolute atomic E-state index is 0. The van der Waals surface area contributed by atoms with E-state index in [0.717, 1.165) is 31.1 Å². The van der Waals surface area contributed by atoms with Crippen LogP contribution in [0.15, 0.2) is 0 Å². The Hall–Kier alpha value is 0.420. The van der Waals surface area contributed by atoms with Crippen molar-refractivity contribution in [2.45, 2.75) is 18.2 Å². The second-order valence-corrected chi connectivity index (χ2v) is 6.48. The predicted octanol–water partition coefficient (Wildman–Crippen LogP) is 1.08. The van der Waals surface area contributed by atoms with Gasteiger partial charge in [0.05, 0.1) is 5.25 Å². The van der Waals surface area contributed by atoms with E-state index >= 15 is 0 Å². The Morgan fingerprint density at radius 1 is 1.44 bits per heavy atom. The van der Waals surface area contributed by atoms with Crippen molar-refractivity contribution in [3.8, 4) is 0 Å². The van der Waals surface area contributed by atoms with Crippen molar-refractivity contribution < 1.29 is 4.79 Å². The van der Waals surface area contributed by atoms with Gasteiger partial charge in [-0.2, -0.15) is 11.8 Å². The lowest BCUT2D eigenvalue weighted by Crippen LogP contribution is -2.55. The topological polar surface area (TPSA) is 32.3 Å². The molecule has 2 heterocycles. The Labute approximate surface area is 112 Å². The second kappa shape index (κ2) is 6.99. The van der Waals surface area contributed by atoms with E-state index in [9.17, 15) is 4.79 Å². The van der Waals surface area contributed by atoms with Crippen molar-refractivity contribution in [3.63, 3.8) is 0 Å². The first kappa shape index (κ1) is 14.5. The molecule has 2 fully saturated rings. The highest BCUT2D eigenvalue weighted by Gasteiger charge is 2.30. The van der Waals surface area contributed by atoms with E-state index < -0.39 is 0 Å². The fraction of sp³-hybridized carbons (Fsp3) is 0.900. The third-order valence-corrected chi connectivity index (χ3v) is 5.62. The van der Waals surface area contributed by atoms with Crippen molar-refractivity contribution in [1.29, 1.82) is 0 Å². The van der Waals surface area contributed by atoms with Crippen molar-refractivity contribution in [3.05, 3.63) is 0 Å². The van der Waals surface area contributed by atoms with E-state index in [4.69, 9.17) is 0 Å². The summed E-state index contributed by atoms with van der Waals surface area (Å²) in [7, 11) is 0. The molecule has 2 saturated heterocycles. The van der Waals surface area contributed by atoms with E-state index in [1.54, 1.807) is 0 Å². The summed E-state index contributed by atoms with van der Waals surface area (Å²) in [5.74, 6) is 3.69. The molecule has 2 rings (SSSR count). The maximum atomic E-state index is 12.2. The fourth-order valence-electron chi connectivity index (χ4n) is 1.98. The first-order valence-electron chi connectivity index (χ1n) is 5.49. The molecule has 3 nitrogen and oxygen atoms in total. The monoisotopic (exact) mass is 282 g/mol. The molecule has 1 unspecified atom stereocenters. The number of hydrogen-bond donors (Lipinski definition) is 1. The van der Waals surface area contributed by atoms with Gasteiger partial charge in [0.25, 0.3) is 0 Å². The van der Waals surface area contributed by atoms with Gasteiger partial charge in [-0.1, -0.05) is 0 Å². The third kappa shape index (κ3) is 3.45. The standard InChI is InChI=1S/C10H18N2OS2.ClH/c1-8-6-11-2-3-12(8)10(13)9-7-14-4-5-15-9;/h8-9,11H,2-7H2,1H3;1H/t8-,9?;/m0./s1. The molecular weight excluding hydrogens is 264 g/mol. The molecule has 16 heavy (non-hydrogen) atoms. The maximum Gasteiger partial charge on any atom is 0.236 e. The number of hydrogen-bond acceptors (Lipinski definition) is 4. The Morgan fingerprint density at radius 3 is 2.88 bits per heavy atom. The van der Waals surface area contributed by atoms with Gasteiger partial charge in [-0.3, -0.25) is 4.79 Å². The molecule has 0 aromatic heterocycles. The highest BCUT2D eigenvalue weighted by molar-refractivity contribution is 8.07. The van der Waals surface area contributed by atoms with E-state index in [1.807, 2.05) is 23.5 Å². The summed E-state index contributed by atoms with van der Waals surface area (Å²) < 4.78 is 0. The number of rotatable bonds is 1. The largest absolute Gasteiger partial charge is 0.336 e. The maximum absolute atomic E-state index is 12.2. The molecule has 1 N–H and O–H groups in total. The predicted molar refractivity (Wildman–Crippen MR) is 74.9 cm³/mol. The summed E-state index contributed by atoms with van der Waals surface area (Å²) in [5, 5.41) is 3.53. The number of thioether (sulfide) groups is 2. The van der Waals surface area contributed by atoms with Crippen LogP contribution in [0.1, 0.15) is 6.92 Å². The molecule has 0 aliphatic carbocycles. The molecule has 94 valence electrons. The fourth-order valence-corrected chi connectivity index (χ4v) is 4.60. The van der Waals surface area contributed by atoms with Crippen LogP contribution in [-0.2, 0) is 4.79 Å². The first-order chi connectivity index (χ1) is 7.29. The average molecular weight is 283 g/mol. The summed E-state index contributed by atoms with van der Waals surface area (Å²) in [6, 6.07) is 0.360. The zero-order valence-electron chi connectivity index (χ0n) is 9.48. The van der Waals surface area contributed by atoms with Gasteiger partial charge in [0, 0.05) is 42.9 Å². The van der Waals surface area contributed by atoms with Gasteiger partial charge >= 0.3 is 0 Å². The van der Waals surface area contributed by atoms with Gasteiger partial charge in [-0.05, 0) is 6.92 Å². The van der Waals surface area contributed by atoms with Crippen molar-refractivity contribution in [1.82, 2.24) is 10.2 Å². The van der Waals surface area contributed by atoms with Crippen molar-refractivity contribution in [2.24, 2.45) is 0 Å². The quantitative estimate of drug-likeness (QED) is 0.780. The molecule has 0 bridgehead atoms. The molecular formula is C10H19ClN2OS2. The lowest BCUT2D eigenvalue weighted by Gasteiger charge is -2.36. The average Bonchev–Trinajstić information content (AvgIpc) is 2.30. The number of nitrogens with zero attached hydrogens (tertiary/aromatic N) is 1. The summed E-state index contributed by atoms with van der Waals surface area (Å²) in [6.07, 6.45) is 0. The molecule has 0 aromatic rings. The lowest BCUT2D eigenvalue weighted by atomic mass is 10.2.